The zero-order valence-electron chi connectivity index (χ0n) is 10.9. The molecule has 16 heavy (non-hydrogen) atoms. The van der Waals surface area contributed by atoms with E-state index in [0.717, 1.165) is 18.7 Å². The van der Waals surface area contributed by atoms with Gasteiger partial charge in [-0.3, -0.25) is 0 Å². The number of rotatable bonds is 8. The summed E-state index contributed by atoms with van der Waals surface area (Å²) in [5, 5.41) is 3.34. The molecule has 1 unspecified atom stereocenters. The fourth-order valence-corrected chi connectivity index (χ4v) is 2.38. The van der Waals surface area contributed by atoms with Gasteiger partial charge in [-0.25, -0.2) is 0 Å². The maximum atomic E-state index is 5.49. The lowest BCUT2D eigenvalue weighted by Gasteiger charge is -2.32. The van der Waals surface area contributed by atoms with Crippen LogP contribution in [0.15, 0.2) is 22.8 Å². The Kier molecular flexibility index (Phi) is 5.61. The highest BCUT2D eigenvalue weighted by molar-refractivity contribution is 5.02. The van der Waals surface area contributed by atoms with Crippen molar-refractivity contribution in [1.82, 2.24) is 5.32 Å². The largest absolute Gasteiger partial charge is 0.469 e. The van der Waals surface area contributed by atoms with E-state index in [0.29, 0.717) is 5.41 Å². The molecule has 92 valence electrons. The molecule has 2 heteroatoms. The second-order valence-electron chi connectivity index (χ2n) is 4.74. The first-order chi connectivity index (χ1) is 7.76. The second-order valence-corrected chi connectivity index (χ2v) is 4.74. The summed E-state index contributed by atoms with van der Waals surface area (Å²) in [7, 11) is 2.04. The third-order valence-electron chi connectivity index (χ3n) is 3.49. The van der Waals surface area contributed by atoms with Crippen molar-refractivity contribution in [2.75, 3.05) is 13.6 Å². The Morgan fingerprint density at radius 2 is 2.19 bits per heavy atom. The molecule has 0 fully saturated rings. The van der Waals surface area contributed by atoms with Gasteiger partial charge in [0.25, 0.3) is 0 Å². The van der Waals surface area contributed by atoms with Crippen molar-refractivity contribution in [2.24, 2.45) is 5.41 Å². The van der Waals surface area contributed by atoms with Crippen LogP contribution in [0, 0.1) is 5.41 Å². The number of hydrogen-bond acceptors (Lipinski definition) is 2. The Balaban J connectivity index is 2.67. The fourth-order valence-electron chi connectivity index (χ4n) is 2.38. The molecule has 0 aliphatic rings. The molecule has 0 amide bonds. The molecule has 0 bridgehead atoms. The van der Waals surface area contributed by atoms with Gasteiger partial charge < -0.3 is 9.73 Å². The van der Waals surface area contributed by atoms with E-state index in [1.54, 1.807) is 6.26 Å². The Bertz CT molecular complexity index is 268. The Morgan fingerprint density at radius 3 is 2.69 bits per heavy atom. The summed E-state index contributed by atoms with van der Waals surface area (Å²) < 4.78 is 5.49. The van der Waals surface area contributed by atoms with Gasteiger partial charge in [-0.2, -0.15) is 0 Å². The van der Waals surface area contributed by atoms with E-state index in [9.17, 15) is 0 Å². The minimum atomic E-state index is 0.364. The monoisotopic (exact) mass is 223 g/mol. The van der Waals surface area contributed by atoms with E-state index in [-0.39, 0.29) is 0 Å². The van der Waals surface area contributed by atoms with Crippen molar-refractivity contribution >= 4 is 0 Å². The maximum absolute atomic E-state index is 5.49. The Labute approximate surface area is 99.4 Å². The maximum Gasteiger partial charge on any atom is 0.104 e. The van der Waals surface area contributed by atoms with Gasteiger partial charge in [0, 0.05) is 13.0 Å². The van der Waals surface area contributed by atoms with E-state index >= 15 is 0 Å². The molecule has 0 radical (unpaired) electrons. The van der Waals surface area contributed by atoms with E-state index in [4.69, 9.17) is 4.42 Å². The van der Waals surface area contributed by atoms with Gasteiger partial charge in [0.1, 0.15) is 5.76 Å². The average molecular weight is 223 g/mol. The van der Waals surface area contributed by atoms with Crippen LogP contribution in [0.2, 0.25) is 0 Å². The van der Waals surface area contributed by atoms with Gasteiger partial charge in [0.05, 0.1) is 6.26 Å². The summed E-state index contributed by atoms with van der Waals surface area (Å²) in [6.07, 6.45) is 7.88. The summed E-state index contributed by atoms with van der Waals surface area (Å²) >= 11 is 0. The highest BCUT2D eigenvalue weighted by Gasteiger charge is 2.28. The molecule has 0 saturated carbocycles. The normalized spacial score (nSPS) is 14.9. The van der Waals surface area contributed by atoms with Crippen molar-refractivity contribution < 1.29 is 4.42 Å². The van der Waals surface area contributed by atoms with Crippen LogP contribution in [-0.4, -0.2) is 13.6 Å². The molecule has 1 aromatic heterocycles. The molecule has 0 aromatic carbocycles. The molecule has 1 atom stereocenters. The van der Waals surface area contributed by atoms with E-state index < -0.39 is 0 Å². The minimum absolute atomic E-state index is 0.364. The molecular weight excluding hydrogens is 198 g/mol. The van der Waals surface area contributed by atoms with Gasteiger partial charge in [-0.1, -0.05) is 26.7 Å². The van der Waals surface area contributed by atoms with E-state index in [2.05, 4.69) is 25.2 Å². The lowest BCUT2D eigenvalue weighted by molar-refractivity contribution is 0.220. The molecule has 2 nitrogen and oxygen atoms in total. The van der Waals surface area contributed by atoms with Crippen molar-refractivity contribution in [2.45, 2.75) is 46.0 Å². The van der Waals surface area contributed by atoms with Gasteiger partial charge in [0.2, 0.25) is 0 Å². The standard InChI is InChI=1S/C14H25NO/c1-4-6-9-14(5-2,12-15-3)11-13-8-7-10-16-13/h7-8,10,15H,4-6,9,11-12H2,1-3H3. The summed E-state index contributed by atoms with van der Waals surface area (Å²) in [5.74, 6) is 1.12. The summed E-state index contributed by atoms with van der Waals surface area (Å²) in [4.78, 5) is 0. The molecule has 1 aromatic rings. The van der Waals surface area contributed by atoms with Crippen LogP contribution >= 0.6 is 0 Å². The van der Waals surface area contributed by atoms with Gasteiger partial charge in [-0.15, -0.1) is 0 Å². The van der Waals surface area contributed by atoms with Gasteiger partial charge in [0.15, 0.2) is 0 Å². The predicted molar refractivity (Wildman–Crippen MR) is 68.6 cm³/mol. The highest BCUT2D eigenvalue weighted by Crippen LogP contribution is 2.32. The molecule has 1 rings (SSSR count). The first kappa shape index (κ1) is 13.3. The topological polar surface area (TPSA) is 25.2 Å². The molecule has 0 aliphatic heterocycles. The van der Waals surface area contributed by atoms with E-state index in [1.807, 2.05) is 13.1 Å². The van der Waals surface area contributed by atoms with Crippen LogP contribution < -0.4 is 5.32 Å². The summed E-state index contributed by atoms with van der Waals surface area (Å²) in [5.41, 5.74) is 0.364. The third kappa shape index (κ3) is 3.67. The Morgan fingerprint density at radius 1 is 1.38 bits per heavy atom. The quantitative estimate of drug-likeness (QED) is 0.728. The average Bonchev–Trinajstić information content (AvgIpc) is 2.79. The van der Waals surface area contributed by atoms with Crippen LogP contribution in [0.3, 0.4) is 0 Å². The molecule has 0 aliphatic carbocycles. The minimum Gasteiger partial charge on any atom is -0.469 e. The van der Waals surface area contributed by atoms with Crippen LogP contribution in [0.4, 0.5) is 0 Å². The lowest BCUT2D eigenvalue weighted by Crippen LogP contribution is -2.34. The molecule has 0 spiro atoms. The molecule has 0 saturated heterocycles. The third-order valence-corrected chi connectivity index (χ3v) is 3.49. The van der Waals surface area contributed by atoms with Gasteiger partial charge >= 0.3 is 0 Å². The molecular formula is C14H25NO. The van der Waals surface area contributed by atoms with Gasteiger partial charge in [-0.05, 0) is 37.4 Å². The fraction of sp³-hybridized carbons (Fsp3) is 0.714. The van der Waals surface area contributed by atoms with Crippen LogP contribution in [0.5, 0.6) is 0 Å². The van der Waals surface area contributed by atoms with Crippen molar-refractivity contribution in [1.29, 1.82) is 0 Å². The predicted octanol–water partition coefficient (Wildman–Crippen LogP) is 3.63. The van der Waals surface area contributed by atoms with Crippen molar-refractivity contribution in [3.8, 4) is 0 Å². The van der Waals surface area contributed by atoms with Crippen LogP contribution in [0.1, 0.15) is 45.3 Å². The summed E-state index contributed by atoms with van der Waals surface area (Å²) in [6.45, 7) is 5.62. The Hall–Kier alpha value is -0.760. The number of furan rings is 1. The van der Waals surface area contributed by atoms with Crippen molar-refractivity contribution in [3.63, 3.8) is 0 Å². The number of hydrogen-bond donors (Lipinski definition) is 1. The highest BCUT2D eigenvalue weighted by atomic mass is 16.3. The van der Waals surface area contributed by atoms with E-state index in [1.165, 1.54) is 25.7 Å². The van der Waals surface area contributed by atoms with Crippen molar-refractivity contribution in [3.05, 3.63) is 24.2 Å². The summed E-state index contributed by atoms with van der Waals surface area (Å²) in [6, 6.07) is 4.07. The molecule has 1 heterocycles. The molecule has 1 N–H and O–H groups in total. The first-order valence-corrected chi connectivity index (χ1v) is 6.43. The zero-order valence-corrected chi connectivity index (χ0v) is 10.9. The second kappa shape index (κ2) is 6.74. The lowest BCUT2D eigenvalue weighted by atomic mass is 9.76. The number of unbranched alkanes of at least 4 members (excludes halogenated alkanes) is 1. The zero-order chi connectivity index (χ0) is 11.9. The first-order valence-electron chi connectivity index (χ1n) is 6.43. The SMILES string of the molecule is CCCCC(CC)(CNC)Cc1ccco1. The van der Waals surface area contributed by atoms with Crippen LogP contribution in [-0.2, 0) is 6.42 Å². The smallest absolute Gasteiger partial charge is 0.104 e. The van der Waals surface area contributed by atoms with Crippen LogP contribution in [0.25, 0.3) is 0 Å². The number of nitrogens with one attached hydrogen (secondary N) is 1.